The molecule has 0 aromatic heterocycles. The first-order valence-corrected chi connectivity index (χ1v) is 8.80. The lowest BCUT2D eigenvalue weighted by Crippen LogP contribution is -2.30. The third-order valence-corrected chi connectivity index (χ3v) is 3.97. The van der Waals surface area contributed by atoms with Crippen molar-refractivity contribution in [3.05, 3.63) is 35.9 Å². The van der Waals surface area contributed by atoms with Crippen LogP contribution in [0.15, 0.2) is 30.3 Å². The van der Waals surface area contributed by atoms with E-state index in [1.807, 2.05) is 18.2 Å². The molecule has 0 radical (unpaired) electrons. The largest absolute Gasteiger partial charge is 0.371 e. The quantitative estimate of drug-likeness (QED) is 0.510. The molecule has 1 unspecified atom stereocenters. The zero-order valence-electron chi connectivity index (χ0n) is 13.6. The van der Waals surface area contributed by atoms with E-state index in [4.69, 9.17) is 16.3 Å². The molecule has 1 aromatic carbocycles. The lowest BCUT2D eigenvalue weighted by Gasteiger charge is -2.23. The van der Waals surface area contributed by atoms with Crippen LogP contribution in [0.25, 0.3) is 0 Å². The van der Waals surface area contributed by atoms with Gasteiger partial charge in [0.25, 0.3) is 0 Å². The van der Waals surface area contributed by atoms with E-state index in [1.165, 1.54) is 44.3 Å². The Labute approximate surface area is 135 Å². The highest BCUT2D eigenvalue weighted by atomic mass is 35.5. The number of hydrogen-bond acceptors (Lipinski definition) is 2. The molecular weight excluding hydrogens is 282 g/mol. The third-order valence-electron chi connectivity index (χ3n) is 3.69. The van der Waals surface area contributed by atoms with Crippen LogP contribution in [0.1, 0.15) is 51.2 Å². The highest BCUT2D eigenvalue weighted by molar-refractivity contribution is 6.18. The van der Waals surface area contributed by atoms with E-state index < -0.39 is 0 Å². The molecule has 1 atom stereocenters. The molecule has 2 nitrogen and oxygen atoms in total. The van der Waals surface area contributed by atoms with Gasteiger partial charge in [-0.2, -0.15) is 0 Å². The van der Waals surface area contributed by atoms with E-state index in [1.54, 1.807) is 0 Å². The van der Waals surface area contributed by atoms with Gasteiger partial charge >= 0.3 is 0 Å². The van der Waals surface area contributed by atoms with E-state index in [0.717, 1.165) is 13.2 Å². The van der Waals surface area contributed by atoms with Crippen molar-refractivity contribution in [3.63, 3.8) is 0 Å². The maximum absolute atomic E-state index is 6.05. The SMILES string of the molecule is CCCCN(CCCC)CCOC(CCl)c1ccccc1. The van der Waals surface area contributed by atoms with Crippen molar-refractivity contribution in [1.29, 1.82) is 0 Å². The topological polar surface area (TPSA) is 12.5 Å². The number of alkyl halides is 1. The number of unbranched alkanes of at least 4 members (excludes halogenated alkanes) is 2. The van der Waals surface area contributed by atoms with E-state index >= 15 is 0 Å². The minimum atomic E-state index is 0.00654. The van der Waals surface area contributed by atoms with Gasteiger partial charge in [-0.1, -0.05) is 57.0 Å². The Morgan fingerprint density at radius 3 is 2.14 bits per heavy atom. The third kappa shape index (κ3) is 7.85. The van der Waals surface area contributed by atoms with Gasteiger partial charge in [0.05, 0.1) is 18.6 Å². The summed E-state index contributed by atoms with van der Waals surface area (Å²) in [5.74, 6) is 0.508. The monoisotopic (exact) mass is 311 g/mol. The molecule has 1 aromatic rings. The first-order chi connectivity index (χ1) is 10.3. The second-order valence-electron chi connectivity index (χ2n) is 5.47. The molecule has 0 spiro atoms. The van der Waals surface area contributed by atoms with Crippen LogP contribution < -0.4 is 0 Å². The number of benzene rings is 1. The molecule has 0 aliphatic carbocycles. The van der Waals surface area contributed by atoms with E-state index in [2.05, 4.69) is 30.9 Å². The molecule has 3 heteroatoms. The summed E-state index contributed by atoms with van der Waals surface area (Å²) in [7, 11) is 0. The number of halogens is 1. The summed E-state index contributed by atoms with van der Waals surface area (Å²) in [4.78, 5) is 2.52. The van der Waals surface area contributed by atoms with Crippen LogP contribution in [0.4, 0.5) is 0 Å². The van der Waals surface area contributed by atoms with Gasteiger partial charge in [-0.3, -0.25) is 0 Å². The Kier molecular flexibility index (Phi) is 10.6. The number of hydrogen-bond donors (Lipinski definition) is 0. The van der Waals surface area contributed by atoms with Crippen molar-refractivity contribution >= 4 is 11.6 Å². The second kappa shape index (κ2) is 12.0. The smallest absolute Gasteiger partial charge is 0.0960 e. The molecule has 0 amide bonds. The van der Waals surface area contributed by atoms with Gasteiger partial charge in [0, 0.05) is 6.54 Å². The van der Waals surface area contributed by atoms with Crippen molar-refractivity contribution in [2.45, 2.75) is 45.6 Å². The fraction of sp³-hybridized carbons (Fsp3) is 0.667. The van der Waals surface area contributed by atoms with Gasteiger partial charge < -0.3 is 9.64 Å². The Morgan fingerprint density at radius 1 is 1.00 bits per heavy atom. The first-order valence-electron chi connectivity index (χ1n) is 8.26. The first kappa shape index (κ1) is 18.5. The number of ether oxygens (including phenoxy) is 1. The molecule has 1 rings (SSSR count). The Morgan fingerprint density at radius 2 is 1.62 bits per heavy atom. The van der Waals surface area contributed by atoms with Crippen LogP contribution >= 0.6 is 11.6 Å². The average molecular weight is 312 g/mol. The molecule has 0 N–H and O–H groups in total. The second-order valence-corrected chi connectivity index (χ2v) is 5.78. The van der Waals surface area contributed by atoms with Gasteiger partial charge in [-0.05, 0) is 31.5 Å². The van der Waals surface area contributed by atoms with Crippen LogP contribution in [0.5, 0.6) is 0 Å². The minimum Gasteiger partial charge on any atom is -0.371 e. The van der Waals surface area contributed by atoms with Crippen LogP contribution in [0, 0.1) is 0 Å². The summed E-state index contributed by atoms with van der Waals surface area (Å²) >= 11 is 6.05. The molecule has 0 aliphatic rings. The highest BCUT2D eigenvalue weighted by Crippen LogP contribution is 2.18. The van der Waals surface area contributed by atoms with E-state index in [-0.39, 0.29) is 6.10 Å². The number of nitrogens with zero attached hydrogens (tertiary/aromatic N) is 1. The van der Waals surface area contributed by atoms with Gasteiger partial charge in [0.15, 0.2) is 0 Å². The van der Waals surface area contributed by atoms with Crippen molar-refractivity contribution < 1.29 is 4.74 Å². The van der Waals surface area contributed by atoms with E-state index in [9.17, 15) is 0 Å². The minimum absolute atomic E-state index is 0.00654. The van der Waals surface area contributed by atoms with Crippen LogP contribution in [-0.2, 0) is 4.74 Å². The fourth-order valence-electron chi connectivity index (χ4n) is 2.32. The molecule has 0 aliphatic heterocycles. The summed E-state index contributed by atoms with van der Waals surface area (Å²) in [6.07, 6.45) is 5.03. The van der Waals surface area contributed by atoms with Crippen molar-refractivity contribution in [2.24, 2.45) is 0 Å². The van der Waals surface area contributed by atoms with E-state index in [0.29, 0.717) is 5.88 Å². The molecule has 0 saturated heterocycles. The summed E-state index contributed by atoms with van der Waals surface area (Å²) in [6, 6.07) is 10.3. The van der Waals surface area contributed by atoms with Gasteiger partial charge in [-0.25, -0.2) is 0 Å². The predicted molar refractivity (Wildman–Crippen MR) is 92.1 cm³/mol. The van der Waals surface area contributed by atoms with Crippen molar-refractivity contribution in [1.82, 2.24) is 4.90 Å². The maximum Gasteiger partial charge on any atom is 0.0960 e. The predicted octanol–water partition coefficient (Wildman–Crippen LogP) is 4.89. The molecule has 120 valence electrons. The Bertz CT molecular complexity index is 336. The number of rotatable bonds is 12. The summed E-state index contributed by atoms with van der Waals surface area (Å²) in [5, 5.41) is 0. The fourth-order valence-corrected chi connectivity index (χ4v) is 2.59. The van der Waals surface area contributed by atoms with Crippen LogP contribution in [0.3, 0.4) is 0 Å². The molecule has 0 fully saturated rings. The molecular formula is C18H30ClNO. The highest BCUT2D eigenvalue weighted by Gasteiger charge is 2.11. The van der Waals surface area contributed by atoms with Gasteiger partial charge in [0.1, 0.15) is 0 Å². The Balaban J connectivity index is 2.36. The summed E-state index contributed by atoms with van der Waals surface area (Å²) in [5.41, 5.74) is 1.17. The molecule has 21 heavy (non-hydrogen) atoms. The van der Waals surface area contributed by atoms with Gasteiger partial charge in [0.2, 0.25) is 0 Å². The normalized spacial score (nSPS) is 12.8. The van der Waals surface area contributed by atoms with Crippen molar-refractivity contribution in [3.8, 4) is 0 Å². The van der Waals surface area contributed by atoms with Crippen LogP contribution in [-0.4, -0.2) is 37.0 Å². The zero-order valence-corrected chi connectivity index (χ0v) is 14.3. The summed E-state index contributed by atoms with van der Waals surface area (Å²) in [6.45, 7) is 8.59. The standard InChI is InChI=1S/C18H30ClNO/c1-3-5-12-20(13-6-4-2)14-15-21-18(16-19)17-10-8-7-9-11-17/h7-11,18H,3-6,12-16H2,1-2H3. The molecule has 0 bridgehead atoms. The average Bonchev–Trinajstić information content (AvgIpc) is 2.54. The van der Waals surface area contributed by atoms with Crippen LogP contribution in [0.2, 0.25) is 0 Å². The summed E-state index contributed by atoms with van der Waals surface area (Å²) < 4.78 is 5.99. The van der Waals surface area contributed by atoms with Gasteiger partial charge in [-0.15, -0.1) is 11.6 Å². The maximum atomic E-state index is 6.05. The van der Waals surface area contributed by atoms with Crippen molar-refractivity contribution in [2.75, 3.05) is 32.1 Å². The Hall–Kier alpha value is -0.570. The molecule has 0 saturated carbocycles. The lowest BCUT2D eigenvalue weighted by molar-refractivity contribution is 0.0491. The molecule has 0 heterocycles. The zero-order chi connectivity index (χ0) is 15.3. The lowest BCUT2D eigenvalue weighted by atomic mass is 10.1.